The van der Waals surface area contributed by atoms with Gasteiger partial charge in [-0.05, 0) is 80.0 Å². The molecule has 0 radical (unpaired) electrons. The lowest BCUT2D eigenvalue weighted by atomic mass is 9.84. The smallest absolute Gasteiger partial charge is 0.243 e. The molecule has 6 heteroatoms. The largest absolute Gasteiger partial charge is 0.390 e. The van der Waals surface area contributed by atoms with Crippen molar-refractivity contribution in [2.24, 2.45) is 5.92 Å². The fraction of sp³-hybridized carbons (Fsp3) is 0.455. The van der Waals surface area contributed by atoms with Crippen LogP contribution in [-0.4, -0.2) is 61.1 Å². The maximum atomic E-state index is 13.4. The van der Waals surface area contributed by atoms with Gasteiger partial charge in [0.2, 0.25) is 10.0 Å². The van der Waals surface area contributed by atoms with E-state index in [0.29, 0.717) is 16.7 Å². The number of aliphatic hydroxyl groups is 1. The Hall–Kier alpha value is -2.51. The van der Waals surface area contributed by atoms with Gasteiger partial charge >= 0.3 is 0 Å². The minimum absolute atomic E-state index is 0.0369. The van der Waals surface area contributed by atoms with Gasteiger partial charge in [0.05, 0.1) is 10.5 Å². The Bertz CT molecular complexity index is 1280. The SMILES string of the molecule is CN(C1C[C@H](CN2CCC(O)(CCCc3ccccc3)CC2)[C@@H](c2ccccc2)C1)S(=O)(=O)c1ccccc1. The number of likely N-dealkylation sites (tertiary alicyclic amines) is 1. The van der Waals surface area contributed by atoms with E-state index < -0.39 is 15.6 Å². The molecule has 3 atom stereocenters. The van der Waals surface area contributed by atoms with E-state index in [9.17, 15) is 13.5 Å². The first-order valence-corrected chi connectivity index (χ1v) is 15.8. The van der Waals surface area contributed by atoms with Crippen molar-refractivity contribution in [1.29, 1.82) is 0 Å². The van der Waals surface area contributed by atoms with Crippen LogP contribution in [0.1, 0.15) is 55.6 Å². The first kappa shape index (κ1) is 28.0. The van der Waals surface area contributed by atoms with E-state index in [1.54, 1.807) is 35.6 Å². The third-order valence-corrected chi connectivity index (χ3v) is 11.0. The molecule has 1 aliphatic heterocycles. The van der Waals surface area contributed by atoms with Crippen molar-refractivity contribution in [2.45, 2.75) is 67.4 Å². The highest BCUT2D eigenvalue weighted by atomic mass is 32.2. The van der Waals surface area contributed by atoms with E-state index >= 15 is 0 Å². The molecule has 1 saturated carbocycles. The molecule has 1 N–H and O–H groups in total. The molecule has 3 aromatic rings. The first-order chi connectivity index (χ1) is 18.8. The number of aryl methyl sites for hydroxylation is 1. The van der Waals surface area contributed by atoms with Gasteiger partial charge < -0.3 is 10.0 Å². The van der Waals surface area contributed by atoms with E-state index in [1.807, 2.05) is 18.2 Å². The third kappa shape index (κ3) is 6.80. The van der Waals surface area contributed by atoms with Gasteiger partial charge in [-0.3, -0.25) is 0 Å². The summed E-state index contributed by atoms with van der Waals surface area (Å²) in [6.07, 6.45) is 6.13. The summed E-state index contributed by atoms with van der Waals surface area (Å²) in [6.45, 7) is 2.72. The van der Waals surface area contributed by atoms with Crippen molar-refractivity contribution in [3.8, 4) is 0 Å². The molecule has 2 aliphatic rings. The Balaban J connectivity index is 1.21. The molecule has 208 valence electrons. The number of hydrogen-bond donors (Lipinski definition) is 1. The van der Waals surface area contributed by atoms with Crippen LogP contribution in [0.3, 0.4) is 0 Å². The summed E-state index contributed by atoms with van der Waals surface area (Å²) in [5.41, 5.74) is 2.05. The van der Waals surface area contributed by atoms with Crippen LogP contribution in [0.15, 0.2) is 95.9 Å². The predicted octanol–water partition coefficient (Wildman–Crippen LogP) is 5.72. The number of hydrogen-bond acceptors (Lipinski definition) is 4. The highest BCUT2D eigenvalue weighted by Crippen LogP contribution is 2.43. The second-order valence-corrected chi connectivity index (χ2v) is 13.6. The van der Waals surface area contributed by atoms with Crippen LogP contribution >= 0.6 is 0 Å². The summed E-state index contributed by atoms with van der Waals surface area (Å²) in [4.78, 5) is 2.86. The monoisotopic (exact) mass is 546 g/mol. The van der Waals surface area contributed by atoms with Crippen molar-refractivity contribution in [1.82, 2.24) is 9.21 Å². The molecule has 3 aromatic carbocycles. The standard InChI is InChI=1S/C33H42N2O3S/c1-34(39(37,38)31-17-9-4-10-18-31)30-24-29(32(25-30)28-15-7-3-8-16-28)26-35-22-20-33(36,21-23-35)19-11-14-27-12-5-2-6-13-27/h2-10,12-13,15-18,29-30,32,36H,11,14,19-26H2,1H3/t29-,30?,32-/m1/s1. The van der Waals surface area contributed by atoms with Crippen molar-refractivity contribution >= 4 is 10.0 Å². The molecule has 39 heavy (non-hydrogen) atoms. The van der Waals surface area contributed by atoms with Crippen molar-refractivity contribution < 1.29 is 13.5 Å². The van der Waals surface area contributed by atoms with Crippen LogP contribution in [0.4, 0.5) is 0 Å². The number of nitrogens with zero attached hydrogens (tertiary/aromatic N) is 2. The van der Waals surface area contributed by atoms with Gasteiger partial charge in [-0.1, -0.05) is 78.9 Å². The molecular weight excluding hydrogens is 504 g/mol. The van der Waals surface area contributed by atoms with Gasteiger partial charge in [-0.15, -0.1) is 0 Å². The molecule has 1 saturated heterocycles. The first-order valence-electron chi connectivity index (χ1n) is 14.4. The van der Waals surface area contributed by atoms with Crippen molar-refractivity contribution in [3.63, 3.8) is 0 Å². The van der Waals surface area contributed by atoms with E-state index in [4.69, 9.17) is 0 Å². The van der Waals surface area contributed by atoms with E-state index in [0.717, 1.165) is 64.6 Å². The summed E-state index contributed by atoms with van der Waals surface area (Å²) in [7, 11) is -1.80. The Labute approximate surface area is 234 Å². The maximum Gasteiger partial charge on any atom is 0.243 e. The van der Waals surface area contributed by atoms with Gasteiger partial charge in [0, 0.05) is 32.7 Å². The minimum Gasteiger partial charge on any atom is -0.390 e. The second-order valence-electron chi connectivity index (χ2n) is 11.6. The topological polar surface area (TPSA) is 60.9 Å². The normalized spacial score (nSPS) is 23.7. The molecule has 1 unspecified atom stereocenters. The van der Waals surface area contributed by atoms with Crippen LogP contribution in [0.25, 0.3) is 0 Å². The fourth-order valence-corrected chi connectivity index (χ4v) is 8.06. The summed E-state index contributed by atoms with van der Waals surface area (Å²) >= 11 is 0. The van der Waals surface area contributed by atoms with Gasteiger partial charge in [0.15, 0.2) is 0 Å². The van der Waals surface area contributed by atoms with Gasteiger partial charge in [0.1, 0.15) is 0 Å². The zero-order chi connectivity index (χ0) is 27.3. The van der Waals surface area contributed by atoms with Gasteiger partial charge in [0.25, 0.3) is 0 Å². The number of piperidine rings is 1. The Morgan fingerprint density at radius 3 is 2.10 bits per heavy atom. The highest BCUT2D eigenvalue weighted by molar-refractivity contribution is 7.89. The molecule has 5 nitrogen and oxygen atoms in total. The molecular formula is C33H42N2O3S. The Kier molecular flexibility index (Phi) is 8.87. The number of benzene rings is 3. The van der Waals surface area contributed by atoms with Crippen molar-refractivity contribution in [3.05, 3.63) is 102 Å². The van der Waals surface area contributed by atoms with Gasteiger partial charge in [-0.25, -0.2) is 8.42 Å². The average molecular weight is 547 g/mol. The predicted molar refractivity (Wildman–Crippen MR) is 157 cm³/mol. The fourth-order valence-electron chi connectivity index (χ4n) is 6.66. The van der Waals surface area contributed by atoms with Crippen LogP contribution < -0.4 is 0 Å². The van der Waals surface area contributed by atoms with Crippen LogP contribution in [0.2, 0.25) is 0 Å². The van der Waals surface area contributed by atoms with Crippen LogP contribution in [0.5, 0.6) is 0 Å². The zero-order valence-electron chi connectivity index (χ0n) is 23.0. The summed E-state index contributed by atoms with van der Waals surface area (Å²) in [5.74, 6) is 0.686. The second kappa shape index (κ2) is 12.3. The number of rotatable bonds is 10. The zero-order valence-corrected chi connectivity index (χ0v) is 23.8. The molecule has 0 amide bonds. The minimum atomic E-state index is -3.54. The molecule has 5 rings (SSSR count). The average Bonchev–Trinajstić information content (AvgIpc) is 3.39. The van der Waals surface area contributed by atoms with E-state index in [-0.39, 0.29) is 6.04 Å². The molecule has 2 fully saturated rings. The summed E-state index contributed by atoms with van der Waals surface area (Å²) in [5, 5.41) is 11.3. The summed E-state index contributed by atoms with van der Waals surface area (Å²) < 4.78 is 28.4. The van der Waals surface area contributed by atoms with Crippen molar-refractivity contribution in [2.75, 3.05) is 26.7 Å². The molecule has 0 spiro atoms. The Morgan fingerprint density at radius 2 is 1.46 bits per heavy atom. The summed E-state index contributed by atoms with van der Waals surface area (Å²) in [6, 6.07) is 29.8. The maximum absolute atomic E-state index is 13.4. The van der Waals surface area contributed by atoms with E-state index in [1.165, 1.54) is 11.1 Å². The lowest BCUT2D eigenvalue weighted by Crippen LogP contribution is -2.46. The van der Waals surface area contributed by atoms with Crippen LogP contribution in [-0.2, 0) is 16.4 Å². The number of sulfonamides is 1. The molecule has 0 bridgehead atoms. The highest BCUT2D eigenvalue weighted by Gasteiger charge is 2.42. The lowest BCUT2D eigenvalue weighted by Gasteiger charge is -2.40. The van der Waals surface area contributed by atoms with Gasteiger partial charge in [-0.2, -0.15) is 4.31 Å². The Morgan fingerprint density at radius 1 is 0.872 bits per heavy atom. The quantitative estimate of drug-likeness (QED) is 0.353. The molecule has 1 aliphatic carbocycles. The third-order valence-electron chi connectivity index (χ3n) is 9.06. The molecule has 1 heterocycles. The lowest BCUT2D eigenvalue weighted by molar-refractivity contribution is -0.0318. The van der Waals surface area contributed by atoms with E-state index in [2.05, 4.69) is 53.4 Å². The molecule has 0 aromatic heterocycles. The van der Waals surface area contributed by atoms with Crippen LogP contribution in [0, 0.1) is 5.92 Å².